The van der Waals surface area contributed by atoms with Crippen molar-refractivity contribution in [1.29, 1.82) is 0 Å². The minimum atomic E-state index is -1.24. The molecular weight excluding hydrogens is 224 g/mol. The monoisotopic (exact) mass is 238 g/mol. The molecule has 1 aromatic rings. The highest BCUT2D eigenvalue weighted by Gasteiger charge is 2.45. The minimum absolute atomic E-state index is 0.000793. The van der Waals surface area contributed by atoms with E-state index in [1.165, 1.54) is 0 Å². The van der Waals surface area contributed by atoms with Gasteiger partial charge in [0.05, 0.1) is 0 Å². The first-order valence-electron chi connectivity index (χ1n) is 5.38. The van der Waals surface area contributed by atoms with Gasteiger partial charge < -0.3 is 14.9 Å². The van der Waals surface area contributed by atoms with E-state index in [0.29, 0.717) is 17.9 Å². The Bertz CT molecular complexity index is 464. The molecule has 6 nitrogen and oxygen atoms in total. The number of aromatic nitrogens is 1. The van der Waals surface area contributed by atoms with Crippen molar-refractivity contribution in [3.05, 3.63) is 17.5 Å². The van der Waals surface area contributed by atoms with Crippen molar-refractivity contribution >= 4 is 11.9 Å². The predicted octanol–water partition coefficient (Wildman–Crippen LogP) is 1.15. The van der Waals surface area contributed by atoms with Crippen molar-refractivity contribution in [3.8, 4) is 0 Å². The van der Waals surface area contributed by atoms with Gasteiger partial charge in [-0.15, -0.1) is 0 Å². The number of hydrogen-bond acceptors (Lipinski definition) is 4. The van der Waals surface area contributed by atoms with Crippen LogP contribution in [0.4, 0.5) is 0 Å². The van der Waals surface area contributed by atoms with Crippen LogP contribution in [0.2, 0.25) is 0 Å². The number of carboxylic acid groups (broad SMARTS) is 1. The van der Waals surface area contributed by atoms with E-state index in [4.69, 9.17) is 5.11 Å². The fraction of sp³-hybridized carbons (Fsp3) is 0.545. The number of aromatic carboxylic acids is 1. The summed E-state index contributed by atoms with van der Waals surface area (Å²) in [6.07, 6.45) is 1.09. The van der Waals surface area contributed by atoms with Gasteiger partial charge >= 0.3 is 5.97 Å². The minimum Gasteiger partial charge on any atom is -0.475 e. The molecule has 17 heavy (non-hydrogen) atoms. The Kier molecular flexibility index (Phi) is 2.65. The van der Waals surface area contributed by atoms with Crippen LogP contribution in [0.25, 0.3) is 0 Å². The highest BCUT2D eigenvalue weighted by molar-refractivity contribution is 5.94. The summed E-state index contributed by atoms with van der Waals surface area (Å²) in [5.41, 5.74) is 0.296. The van der Waals surface area contributed by atoms with E-state index in [1.54, 1.807) is 0 Å². The van der Waals surface area contributed by atoms with Crippen molar-refractivity contribution in [2.45, 2.75) is 20.3 Å². The molecule has 1 heterocycles. The Morgan fingerprint density at radius 1 is 1.65 bits per heavy atom. The van der Waals surface area contributed by atoms with E-state index >= 15 is 0 Å². The lowest BCUT2D eigenvalue weighted by molar-refractivity contribution is 0.0651. The van der Waals surface area contributed by atoms with Crippen LogP contribution in [-0.2, 0) is 0 Å². The zero-order valence-electron chi connectivity index (χ0n) is 9.69. The van der Waals surface area contributed by atoms with Gasteiger partial charge in [-0.1, -0.05) is 19.0 Å². The lowest BCUT2D eigenvalue weighted by atomic mass is 10.1. The third-order valence-electron chi connectivity index (χ3n) is 3.18. The normalized spacial score (nSPS) is 20.9. The van der Waals surface area contributed by atoms with E-state index in [1.807, 2.05) is 0 Å². The Morgan fingerprint density at radius 2 is 2.29 bits per heavy atom. The van der Waals surface area contributed by atoms with Gasteiger partial charge in [-0.05, 0) is 17.8 Å². The molecule has 1 fully saturated rings. The molecule has 0 spiro atoms. The van der Waals surface area contributed by atoms with Gasteiger partial charge in [-0.2, -0.15) is 0 Å². The molecule has 0 aliphatic heterocycles. The van der Waals surface area contributed by atoms with Gasteiger partial charge in [-0.3, -0.25) is 4.79 Å². The van der Waals surface area contributed by atoms with E-state index in [2.05, 4.69) is 28.8 Å². The topological polar surface area (TPSA) is 92.4 Å². The first-order chi connectivity index (χ1) is 7.90. The second-order valence-corrected chi connectivity index (χ2v) is 4.98. The molecule has 1 saturated carbocycles. The molecule has 0 saturated heterocycles. The molecule has 2 rings (SSSR count). The quantitative estimate of drug-likeness (QED) is 0.820. The fourth-order valence-electron chi connectivity index (χ4n) is 1.71. The Labute approximate surface area is 98.0 Å². The van der Waals surface area contributed by atoms with Crippen molar-refractivity contribution in [2.24, 2.45) is 11.3 Å². The van der Waals surface area contributed by atoms with Gasteiger partial charge in [0.2, 0.25) is 5.76 Å². The predicted molar refractivity (Wildman–Crippen MR) is 57.7 cm³/mol. The van der Waals surface area contributed by atoms with Crippen LogP contribution >= 0.6 is 0 Å². The molecular formula is C11H14N2O4. The molecule has 0 aromatic carbocycles. The number of carboxylic acids is 1. The summed E-state index contributed by atoms with van der Waals surface area (Å²) in [7, 11) is 0. The number of carbonyl (C=O) groups is 2. The summed E-state index contributed by atoms with van der Waals surface area (Å²) in [6, 6.07) is 1.12. The zero-order valence-corrected chi connectivity index (χ0v) is 9.69. The number of carbonyl (C=O) groups excluding carboxylic acids is 1. The highest BCUT2D eigenvalue weighted by atomic mass is 16.5. The van der Waals surface area contributed by atoms with Gasteiger partial charge in [0.25, 0.3) is 5.91 Å². The lowest BCUT2D eigenvalue weighted by Gasteiger charge is -2.04. The Hall–Kier alpha value is -1.85. The molecule has 6 heteroatoms. The van der Waals surface area contributed by atoms with Gasteiger partial charge in [-0.25, -0.2) is 4.79 Å². The van der Waals surface area contributed by atoms with Crippen LogP contribution in [0.3, 0.4) is 0 Å². The largest absolute Gasteiger partial charge is 0.475 e. The third-order valence-corrected chi connectivity index (χ3v) is 3.18. The molecule has 1 aliphatic rings. The number of nitrogens with one attached hydrogen (secondary N) is 1. The van der Waals surface area contributed by atoms with Crippen molar-refractivity contribution in [1.82, 2.24) is 10.5 Å². The molecule has 1 aliphatic carbocycles. The molecule has 92 valence electrons. The van der Waals surface area contributed by atoms with Crippen LogP contribution in [0.15, 0.2) is 10.6 Å². The average Bonchev–Trinajstić information content (AvgIpc) is 2.68. The van der Waals surface area contributed by atoms with Gasteiger partial charge in [0, 0.05) is 12.6 Å². The molecule has 2 N–H and O–H groups in total. The fourth-order valence-corrected chi connectivity index (χ4v) is 1.71. The van der Waals surface area contributed by atoms with E-state index in [9.17, 15) is 9.59 Å². The summed E-state index contributed by atoms with van der Waals surface area (Å²) >= 11 is 0. The van der Waals surface area contributed by atoms with E-state index < -0.39 is 11.9 Å². The molecule has 1 atom stereocenters. The smallest absolute Gasteiger partial charge is 0.374 e. The SMILES string of the molecule is CC1(C)CC1CNC(=O)c1cc(C(=O)O)on1. The zero-order chi connectivity index (χ0) is 12.6. The van der Waals surface area contributed by atoms with Crippen LogP contribution < -0.4 is 5.32 Å². The number of rotatable bonds is 4. The van der Waals surface area contributed by atoms with Gasteiger partial charge in [0.1, 0.15) is 0 Å². The Balaban J connectivity index is 1.89. The van der Waals surface area contributed by atoms with Gasteiger partial charge in [0.15, 0.2) is 5.69 Å². The lowest BCUT2D eigenvalue weighted by Crippen LogP contribution is -2.26. The third kappa shape index (κ3) is 2.46. The van der Waals surface area contributed by atoms with Crippen LogP contribution in [0.1, 0.15) is 41.3 Å². The number of nitrogens with zero attached hydrogens (tertiary/aromatic N) is 1. The summed E-state index contributed by atoms with van der Waals surface area (Å²) in [6.45, 7) is 4.87. The highest BCUT2D eigenvalue weighted by Crippen LogP contribution is 2.50. The average molecular weight is 238 g/mol. The van der Waals surface area contributed by atoms with Crippen molar-refractivity contribution < 1.29 is 19.2 Å². The van der Waals surface area contributed by atoms with Crippen LogP contribution in [-0.4, -0.2) is 28.7 Å². The first kappa shape index (κ1) is 11.6. The first-order valence-corrected chi connectivity index (χ1v) is 5.38. The van der Waals surface area contributed by atoms with Crippen LogP contribution in [0, 0.1) is 11.3 Å². The second-order valence-electron chi connectivity index (χ2n) is 4.98. The summed E-state index contributed by atoms with van der Waals surface area (Å²) in [4.78, 5) is 22.1. The molecule has 0 radical (unpaired) electrons. The number of hydrogen-bond donors (Lipinski definition) is 2. The molecule has 1 aromatic heterocycles. The maximum Gasteiger partial charge on any atom is 0.374 e. The molecule has 1 unspecified atom stereocenters. The van der Waals surface area contributed by atoms with E-state index in [-0.39, 0.29) is 11.5 Å². The maximum absolute atomic E-state index is 11.6. The maximum atomic E-state index is 11.6. The number of amides is 1. The standard InChI is InChI=1S/C11H14N2O4/c1-11(2)4-6(11)5-12-9(14)7-3-8(10(15)16)17-13-7/h3,6H,4-5H2,1-2H3,(H,12,14)(H,15,16). The van der Waals surface area contributed by atoms with E-state index in [0.717, 1.165) is 12.5 Å². The summed E-state index contributed by atoms with van der Waals surface area (Å²) in [5, 5.41) is 14.7. The Morgan fingerprint density at radius 3 is 2.76 bits per heavy atom. The summed E-state index contributed by atoms with van der Waals surface area (Å²) in [5.74, 6) is -1.48. The van der Waals surface area contributed by atoms with Crippen molar-refractivity contribution in [2.75, 3.05) is 6.54 Å². The summed E-state index contributed by atoms with van der Waals surface area (Å²) < 4.78 is 4.50. The second kappa shape index (κ2) is 3.87. The molecule has 1 amide bonds. The molecule has 0 bridgehead atoms. The van der Waals surface area contributed by atoms with Crippen molar-refractivity contribution in [3.63, 3.8) is 0 Å². The van der Waals surface area contributed by atoms with Crippen LogP contribution in [0.5, 0.6) is 0 Å².